The third-order valence-corrected chi connectivity index (χ3v) is 7.00. The fourth-order valence-corrected chi connectivity index (χ4v) is 4.86. The molecule has 1 aromatic heterocycles. The second-order valence-corrected chi connectivity index (χ2v) is 9.02. The SMILES string of the molecule is COc1ccc2cc(N(Cc3cnccc3C)C3CCN(C(C)CCN)CC3)ccc2c1. The predicted octanol–water partition coefficient (Wildman–Crippen LogP) is 4.76. The molecule has 1 fully saturated rings. The number of benzene rings is 2. The molecular formula is C27H36N4O. The lowest BCUT2D eigenvalue weighted by atomic mass is 9.98. The van der Waals surface area contributed by atoms with Crippen molar-refractivity contribution in [2.24, 2.45) is 5.73 Å². The highest BCUT2D eigenvalue weighted by Gasteiger charge is 2.27. The number of piperidine rings is 1. The van der Waals surface area contributed by atoms with Crippen molar-refractivity contribution in [3.05, 3.63) is 66.0 Å². The van der Waals surface area contributed by atoms with Crippen LogP contribution < -0.4 is 15.4 Å². The Morgan fingerprint density at radius 1 is 1.12 bits per heavy atom. The minimum atomic E-state index is 0.506. The minimum Gasteiger partial charge on any atom is -0.497 e. The van der Waals surface area contributed by atoms with Crippen molar-refractivity contribution >= 4 is 16.5 Å². The zero-order valence-corrected chi connectivity index (χ0v) is 19.6. The first kappa shape index (κ1) is 22.6. The Hall–Kier alpha value is -2.63. The average molecular weight is 433 g/mol. The number of hydrogen-bond donors (Lipinski definition) is 1. The van der Waals surface area contributed by atoms with Crippen LogP contribution >= 0.6 is 0 Å². The molecule has 0 aliphatic carbocycles. The molecule has 1 unspecified atom stereocenters. The summed E-state index contributed by atoms with van der Waals surface area (Å²) in [5, 5.41) is 2.45. The maximum Gasteiger partial charge on any atom is 0.119 e. The summed E-state index contributed by atoms with van der Waals surface area (Å²) in [4.78, 5) is 9.60. The van der Waals surface area contributed by atoms with Crippen LogP contribution in [0.25, 0.3) is 10.8 Å². The van der Waals surface area contributed by atoms with Crippen molar-refractivity contribution in [3.8, 4) is 5.75 Å². The molecule has 170 valence electrons. The molecule has 0 radical (unpaired) electrons. The van der Waals surface area contributed by atoms with Gasteiger partial charge in [0.2, 0.25) is 0 Å². The van der Waals surface area contributed by atoms with E-state index in [-0.39, 0.29) is 0 Å². The molecule has 2 N–H and O–H groups in total. The molecule has 1 saturated heterocycles. The highest BCUT2D eigenvalue weighted by atomic mass is 16.5. The molecular weight excluding hydrogens is 396 g/mol. The van der Waals surface area contributed by atoms with Crippen LogP contribution in [-0.4, -0.2) is 48.7 Å². The van der Waals surface area contributed by atoms with Crippen molar-refractivity contribution in [1.82, 2.24) is 9.88 Å². The summed E-state index contributed by atoms with van der Waals surface area (Å²) in [6.07, 6.45) is 7.29. The second kappa shape index (κ2) is 10.3. The molecule has 0 spiro atoms. The van der Waals surface area contributed by atoms with Crippen LogP contribution in [0, 0.1) is 6.92 Å². The van der Waals surface area contributed by atoms with Gasteiger partial charge in [-0.1, -0.05) is 12.1 Å². The van der Waals surface area contributed by atoms with E-state index in [0.29, 0.717) is 12.1 Å². The summed E-state index contributed by atoms with van der Waals surface area (Å²) in [5.41, 5.74) is 9.67. The largest absolute Gasteiger partial charge is 0.497 e. The first-order valence-electron chi connectivity index (χ1n) is 11.8. The Bertz CT molecular complexity index is 1030. The third-order valence-electron chi connectivity index (χ3n) is 7.00. The van der Waals surface area contributed by atoms with E-state index in [2.05, 4.69) is 65.0 Å². The van der Waals surface area contributed by atoms with Gasteiger partial charge in [0.05, 0.1) is 7.11 Å². The van der Waals surface area contributed by atoms with Gasteiger partial charge in [-0.25, -0.2) is 0 Å². The molecule has 4 rings (SSSR count). The van der Waals surface area contributed by atoms with E-state index in [9.17, 15) is 0 Å². The number of ether oxygens (including phenoxy) is 1. The van der Waals surface area contributed by atoms with Gasteiger partial charge < -0.3 is 20.3 Å². The molecule has 0 amide bonds. The number of anilines is 1. The molecule has 1 aliphatic rings. The summed E-state index contributed by atoms with van der Waals surface area (Å²) in [6.45, 7) is 8.37. The van der Waals surface area contributed by atoms with Crippen LogP contribution in [-0.2, 0) is 6.54 Å². The second-order valence-electron chi connectivity index (χ2n) is 9.02. The monoisotopic (exact) mass is 432 g/mol. The van der Waals surface area contributed by atoms with Crippen LogP contribution in [0.15, 0.2) is 54.9 Å². The lowest BCUT2D eigenvalue weighted by Crippen LogP contribution is -2.47. The van der Waals surface area contributed by atoms with Gasteiger partial charge in [0.15, 0.2) is 0 Å². The maximum absolute atomic E-state index is 5.80. The van der Waals surface area contributed by atoms with Crippen LogP contribution in [0.3, 0.4) is 0 Å². The molecule has 1 atom stereocenters. The maximum atomic E-state index is 5.80. The zero-order chi connectivity index (χ0) is 22.5. The number of rotatable bonds is 8. The van der Waals surface area contributed by atoms with Gasteiger partial charge in [-0.05, 0) is 91.9 Å². The molecule has 32 heavy (non-hydrogen) atoms. The first-order chi connectivity index (χ1) is 15.6. The number of aryl methyl sites for hydroxylation is 1. The van der Waals surface area contributed by atoms with Gasteiger partial charge in [-0.15, -0.1) is 0 Å². The van der Waals surface area contributed by atoms with E-state index in [1.54, 1.807) is 7.11 Å². The molecule has 5 nitrogen and oxygen atoms in total. The van der Waals surface area contributed by atoms with Crippen molar-refractivity contribution < 1.29 is 4.74 Å². The number of hydrogen-bond acceptors (Lipinski definition) is 5. The molecule has 0 bridgehead atoms. The first-order valence-corrected chi connectivity index (χ1v) is 11.8. The van der Waals surface area contributed by atoms with E-state index in [1.165, 1.54) is 27.6 Å². The fourth-order valence-electron chi connectivity index (χ4n) is 4.86. The quantitative estimate of drug-likeness (QED) is 0.556. The van der Waals surface area contributed by atoms with Gasteiger partial charge in [-0.3, -0.25) is 4.98 Å². The van der Waals surface area contributed by atoms with Crippen LogP contribution in [0.5, 0.6) is 5.75 Å². The lowest BCUT2D eigenvalue weighted by molar-refractivity contribution is 0.154. The highest BCUT2D eigenvalue weighted by molar-refractivity contribution is 5.87. The van der Waals surface area contributed by atoms with Crippen molar-refractivity contribution in [1.29, 1.82) is 0 Å². The van der Waals surface area contributed by atoms with Crippen molar-refractivity contribution in [2.75, 3.05) is 31.6 Å². The number of methoxy groups -OCH3 is 1. The fraction of sp³-hybridized carbons (Fsp3) is 0.444. The molecule has 5 heteroatoms. The van der Waals surface area contributed by atoms with Gasteiger partial charge in [0.25, 0.3) is 0 Å². The van der Waals surface area contributed by atoms with E-state index < -0.39 is 0 Å². The Kier molecular flexibility index (Phi) is 7.28. The lowest BCUT2D eigenvalue weighted by Gasteiger charge is -2.42. The van der Waals surface area contributed by atoms with Crippen LogP contribution in [0.4, 0.5) is 5.69 Å². The van der Waals surface area contributed by atoms with E-state index in [1.807, 2.05) is 18.5 Å². The molecule has 1 aliphatic heterocycles. The molecule has 3 aromatic rings. The van der Waals surface area contributed by atoms with Gasteiger partial charge >= 0.3 is 0 Å². The summed E-state index contributed by atoms with van der Waals surface area (Å²) in [5.74, 6) is 0.895. The third kappa shape index (κ3) is 5.05. The van der Waals surface area contributed by atoms with E-state index in [0.717, 1.165) is 51.2 Å². The number of nitrogens with two attached hydrogens (primary N) is 1. The van der Waals surface area contributed by atoms with Gasteiger partial charge in [0.1, 0.15) is 5.75 Å². The summed E-state index contributed by atoms with van der Waals surface area (Å²) < 4.78 is 5.40. The zero-order valence-electron chi connectivity index (χ0n) is 19.6. The smallest absolute Gasteiger partial charge is 0.119 e. The van der Waals surface area contributed by atoms with E-state index >= 15 is 0 Å². The topological polar surface area (TPSA) is 54.6 Å². The summed E-state index contributed by atoms with van der Waals surface area (Å²) >= 11 is 0. The molecule has 2 heterocycles. The molecule has 0 saturated carbocycles. The van der Waals surface area contributed by atoms with Gasteiger partial charge in [0, 0.05) is 49.8 Å². The van der Waals surface area contributed by atoms with Crippen molar-refractivity contribution in [2.45, 2.75) is 51.7 Å². The van der Waals surface area contributed by atoms with Crippen LogP contribution in [0.2, 0.25) is 0 Å². The number of aromatic nitrogens is 1. The highest BCUT2D eigenvalue weighted by Crippen LogP contribution is 2.31. The number of pyridine rings is 1. The Morgan fingerprint density at radius 3 is 2.59 bits per heavy atom. The Labute approximate surface area is 192 Å². The number of fused-ring (bicyclic) bond motifs is 1. The number of nitrogens with zero attached hydrogens (tertiary/aromatic N) is 3. The standard InChI is InChI=1S/C27H36N4O/c1-20-9-13-29-18-24(20)19-31(25-10-14-30(15-11-25)21(2)8-12-28)26-6-4-23-17-27(32-3)7-5-22(23)16-26/h4-7,9,13,16-18,21,25H,8,10-12,14-15,19,28H2,1-3H3. The summed E-state index contributed by atoms with van der Waals surface area (Å²) in [7, 11) is 1.72. The summed E-state index contributed by atoms with van der Waals surface area (Å²) in [6, 6.07) is 16.3. The Balaban J connectivity index is 1.61. The van der Waals surface area contributed by atoms with Crippen LogP contribution in [0.1, 0.15) is 37.3 Å². The van der Waals surface area contributed by atoms with Gasteiger partial charge in [-0.2, -0.15) is 0 Å². The minimum absolute atomic E-state index is 0.506. The average Bonchev–Trinajstić information content (AvgIpc) is 2.83. The number of likely N-dealkylation sites (tertiary alicyclic amines) is 1. The Morgan fingerprint density at radius 2 is 1.88 bits per heavy atom. The van der Waals surface area contributed by atoms with E-state index in [4.69, 9.17) is 10.5 Å². The van der Waals surface area contributed by atoms with Crippen molar-refractivity contribution in [3.63, 3.8) is 0 Å². The normalized spacial score (nSPS) is 16.2. The molecule has 2 aromatic carbocycles. The predicted molar refractivity (Wildman–Crippen MR) is 133 cm³/mol.